The van der Waals surface area contributed by atoms with Gasteiger partial charge in [-0.3, -0.25) is 9.69 Å². The van der Waals surface area contributed by atoms with E-state index in [4.69, 9.17) is 11.6 Å². The number of piperazine rings is 1. The number of nitrogens with one attached hydrogen (secondary N) is 1. The minimum absolute atomic E-state index is 0.00363. The highest BCUT2D eigenvalue weighted by Gasteiger charge is 2.28. The van der Waals surface area contributed by atoms with Crippen molar-refractivity contribution in [1.29, 1.82) is 0 Å². The van der Waals surface area contributed by atoms with Crippen molar-refractivity contribution in [2.75, 3.05) is 50.9 Å². The fourth-order valence-corrected chi connectivity index (χ4v) is 4.20. The number of hydrogen-bond acceptors (Lipinski definition) is 4. The molecule has 124 valence electrons. The van der Waals surface area contributed by atoms with Crippen LogP contribution in [0.5, 0.6) is 0 Å². The van der Waals surface area contributed by atoms with Crippen molar-refractivity contribution in [1.82, 2.24) is 14.5 Å². The third-order valence-electron chi connectivity index (χ3n) is 3.42. The molecule has 21 heavy (non-hydrogen) atoms. The van der Waals surface area contributed by atoms with Crippen LogP contribution in [0.2, 0.25) is 0 Å². The van der Waals surface area contributed by atoms with Crippen molar-refractivity contribution in [3.05, 3.63) is 0 Å². The van der Waals surface area contributed by atoms with Gasteiger partial charge in [0.25, 0.3) is 0 Å². The van der Waals surface area contributed by atoms with E-state index in [1.807, 2.05) is 18.7 Å². The van der Waals surface area contributed by atoms with Gasteiger partial charge in [-0.05, 0) is 12.3 Å². The summed E-state index contributed by atoms with van der Waals surface area (Å²) in [5.74, 6) is 0.392. The van der Waals surface area contributed by atoms with E-state index in [1.165, 1.54) is 4.31 Å². The van der Waals surface area contributed by atoms with Crippen molar-refractivity contribution in [2.24, 2.45) is 5.92 Å². The molecule has 1 saturated heterocycles. The summed E-state index contributed by atoms with van der Waals surface area (Å²) in [5, 5.41) is 2.83. The molecule has 1 N–H and O–H groups in total. The van der Waals surface area contributed by atoms with Crippen molar-refractivity contribution < 1.29 is 13.2 Å². The normalized spacial score (nSPS) is 19.4. The first-order valence-corrected chi connectivity index (χ1v) is 9.56. The smallest absolute Gasteiger partial charge is 0.234 e. The van der Waals surface area contributed by atoms with Crippen LogP contribution in [0.3, 0.4) is 0 Å². The van der Waals surface area contributed by atoms with E-state index in [-0.39, 0.29) is 17.6 Å². The van der Waals surface area contributed by atoms with Crippen molar-refractivity contribution in [3.8, 4) is 0 Å². The second-order valence-electron chi connectivity index (χ2n) is 5.56. The summed E-state index contributed by atoms with van der Waals surface area (Å²) in [5.41, 5.74) is 0. The van der Waals surface area contributed by atoms with Crippen LogP contribution in [0.4, 0.5) is 0 Å². The van der Waals surface area contributed by atoms with Crippen LogP contribution in [0.1, 0.15) is 20.3 Å². The van der Waals surface area contributed by atoms with Gasteiger partial charge < -0.3 is 5.32 Å². The second-order valence-corrected chi connectivity index (χ2v) is 7.89. The molecule has 1 fully saturated rings. The first-order chi connectivity index (χ1) is 9.89. The number of halogens is 1. The van der Waals surface area contributed by atoms with E-state index < -0.39 is 10.0 Å². The summed E-state index contributed by atoms with van der Waals surface area (Å²) < 4.78 is 25.9. The third-order valence-corrected chi connectivity index (χ3v) is 6.09. The number of rotatable bonds is 8. The van der Waals surface area contributed by atoms with E-state index in [0.717, 1.165) is 6.42 Å². The number of carbonyl (C=O) groups is 1. The first-order valence-electron chi connectivity index (χ1n) is 7.42. The lowest BCUT2D eigenvalue weighted by molar-refractivity contribution is -0.122. The van der Waals surface area contributed by atoms with Gasteiger partial charge in [0.2, 0.25) is 15.9 Å². The van der Waals surface area contributed by atoms with Crippen LogP contribution < -0.4 is 5.32 Å². The Kier molecular flexibility index (Phi) is 7.94. The standard InChI is InChI=1S/C13H26ClN3O3S/c1-3-4-15-13(18)10-16-5-7-17(8-6-16)21(19,20)11-12(2)9-14/h12H,3-11H2,1-2H3,(H,15,18). The molecule has 1 aliphatic heterocycles. The maximum Gasteiger partial charge on any atom is 0.234 e. The fourth-order valence-electron chi connectivity index (χ4n) is 2.20. The first kappa shape index (κ1) is 18.7. The van der Waals surface area contributed by atoms with Crippen molar-refractivity contribution in [2.45, 2.75) is 20.3 Å². The van der Waals surface area contributed by atoms with E-state index in [2.05, 4.69) is 5.32 Å². The predicted octanol–water partition coefficient (Wildman–Crippen LogP) is 0.335. The highest BCUT2D eigenvalue weighted by atomic mass is 35.5. The molecule has 0 saturated carbocycles. The van der Waals surface area contributed by atoms with Gasteiger partial charge in [0.15, 0.2) is 0 Å². The Morgan fingerprint density at radius 2 is 1.90 bits per heavy atom. The number of sulfonamides is 1. The Bertz CT molecular complexity index is 422. The van der Waals surface area contributed by atoms with E-state index in [1.54, 1.807) is 0 Å². The quantitative estimate of drug-likeness (QED) is 0.647. The molecule has 0 bridgehead atoms. The summed E-state index contributed by atoms with van der Waals surface area (Å²) in [6, 6.07) is 0. The molecule has 0 aromatic heterocycles. The average molecular weight is 340 g/mol. The van der Waals surface area contributed by atoms with Gasteiger partial charge in [-0.1, -0.05) is 13.8 Å². The number of carbonyl (C=O) groups excluding carboxylic acids is 1. The largest absolute Gasteiger partial charge is 0.355 e. The SMILES string of the molecule is CCCNC(=O)CN1CCN(S(=O)(=O)CC(C)CCl)CC1. The van der Waals surface area contributed by atoms with Crippen LogP contribution in [0, 0.1) is 5.92 Å². The number of amides is 1. The minimum atomic E-state index is -3.24. The molecule has 0 aromatic carbocycles. The summed E-state index contributed by atoms with van der Waals surface area (Å²) in [4.78, 5) is 13.6. The summed E-state index contributed by atoms with van der Waals surface area (Å²) in [6.07, 6.45) is 0.913. The highest BCUT2D eigenvalue weighted by molar-refractivity contribution is 7.89. The molecule has 8 heteroatoms. The molecular weight excluding hydrogens is 314 g/mol. The Labute approximate surface area is 132 Å². The second kappa shape index (κ2) is 8.92. The lowest BCUT2D eigenvalue weighted by Gasteiger charge is -2.34. The molecule has 1 atom stereocenters. The Morgan fingerprint density at radius 3 is 2.43 bits per heavy atom. The zero-order valence-electron chi connectivity index (χ0n) is 12.8. The van der Waals surface area contributed by atoms with Gasteiger partial charge in [0, 0.05) is 38.6 Å². The molecule has 0 aliphatic carbocycles. The van der Waals surface area contributed by atoms with E-state index in [9.17, 15) is 13.2 Å². The molecule has 0 radical (unpaired) electrons. The molecule has 1 unspecified atom stereocenters. The predicted molar refractivity (Wildman–Crippen MR) is 85.0 cm³/mol. The monoisotopic (exact) mass is 339 g/mol. The topological polar surface area (TPSA) is 69.7 Å². The van der Waals surface area contributed by atoms with Crippen LogP contribution in [-0.2, 0) is 14.8 Å². The van der Waals surface area contributed by atoms with Crippen LogP contribution in [-0.4, -0.2) is 74.4 Å². The molecule has 1 rings (SSSR count). The van der Waals surface area contributed by atoms with Crippen LogP contribution >= 0.6 is 11.6 Å². The number of alkyl halides is 1. The highest BCUT2D eigenvalue weighted by Crippen LogP contribution is 2.12. The Morgan fingerprint density at radius 1 is 1.29 bits per heavy atom. The lowest BCUT2D eigenvalue weighted by atomic mass is 10.3. The zero-order chi connectivity index (χ0) is 15.9. The van der Waals surface area contributed by atoms with Gasteiger partial charge in [-0.2, -0.15) is 4.31 Å². The Hall–Kier alpha value is -0.370. The van der Waals surface area contributed by atoms with Crippen LogP contribution in [0.25, 0.3) is 0 Å². The minimum Gasteiger partial charge on any atom is -0.355 e. The molecule has 1 aliphatic rings. The summed E-state index contributed by atoms with van der Waals surface area (Å²) >= 11 is 5.68. The molecule has 1 heterocycles. The molecule has 6 nitrogen and oxygen atoms in total. The summed E-state index contributed by atoms with van der Waals surface area (Å²) in [7, 11) is -3.24. The lowest BCUT2D eigenvalue weighted by Crippen LogP contribution is -2.51. The summed E-state index contributed by atoms with van der Waals surface area (Å²) in [6.45, 7) is 6.93. The maximum atomic E-state index is 12.2. The molecule has 0 spiro atoms. The number of nitrogens with zero attached hydrogens (tertiary/aromatic N) is 2. The van der Waals surface area contributed by atoms with Gasteiger partial charge in [0.1, 0.15) is 0 Å². The van der Waals surface area contributed by atoms with Crippen LogP contribution in [0.15, 0.2) is 0 Å². The van der Waals surface area contributed by atoms with E-state index in [0.29, 0.717) is 45.1 Å². The maximum absolute atomic E-state index is 12.2. The van der Waals surface area contributed by atoms with E-state index >= 15 is 0 Å². The zero-order valence-corrected chi connectivity index (χ0v) is 14.4. The molecule has 0 aromatic rings. The third kappa shape index (κ3) is 6.50. The van der Waals surface area contributed by atoms with Crippen molar-refractivity contribution >= 4 is 27.5 Å². The van der Waals surface area contributed by atoms with Gasteiger partial charge >= 0.3 is 0 Å². The van der Waals surface area contributed by atoms with Gasteiger partial charge in [-0.15, -0.1) is 11.6 Å². The average Bonchev–Trinajstić information content (AvgIpc) is 2.45. The molecule has 1 amide bonds. The number of hydrogen-bond donors (Lipinski definition) is 1. The van der Waals surface area contributed by atoms with Gasteiger partial charge in [0.05, 0.1) is 12.3 Å². The Balaban J connectivity index is 2.39. The van der Waals surface area contributed by atoms with Gasteiger partial charge in [-0.25, -0.2) is 8.42 Å². The molecular formula is C13H26ClN3O3S. The van der Waals surface area contributed by atoms with Crippen molar-refractivity contribution in [3.63, 3.8) is 0 Å². The fraction of sp³-hybridized carbons (Fsp3) is 0.923.